The highest BCUT2D eigenvalue weighted by atomic mass is 16.2. The number of aryl methyl sites for hydroxylation is 1. The van der Waals surface area contributed by atoms with Crippen molar-refractivity contribution in [1.82, 2.24) is 29.8 Å². The molecule has 0 aromatic carbocycles. The van der Waals surface area contributed by atoms with E-state index in [9.17, 15) is 4.79 Å². The Kier molecular flexibility index (Phi) is 5.40. The van der Waals surface area contributed by atoms with E-state index >= 15 is 0 Å². The Hall–Kier alpha value is -3.23. The SMILES string of the molecule is Cc1cnc(NC(=O)N2CCC3(CCC(N(C)c4ncnc5[nH]ccc45)CC3)CC2)cn1. The minimum atomic E-state index is -0.0781. The number of nitrogens with zero attached hydrogens (tertiary/aromatic N) is 6. The summed E-state index contributed by atoms with van der Waals surface area (Å²) >= 11 is 0. The van der Waals surface area contributed by atoms with Gasteiger partial charge in [-0.05, 0) is 56.9 Å². The van der Waals surface area contributed by atoms with Gasteiger partial charge in [0.2, 0.25) is 0 Å². The van der Waals surface area contributed by atoms with Crippen molar-refractivity contribution in [2.75, 3.05) is 30.4 Å². The number of piperidine rings is 1. The maximum atomic E-state index is 12.6. The second kappa shape index (κ2) is 8.37. The Morgan fingerprint density at radius 3 is 2.62 bits per heavy atom. The number of carbonyl (C=O) groups excluding carboxylic acids is 1. The summed E-state index contributed by atoms with van der Waals surface area (Å²) in [6, 6.07) is 2.45. The van der Waals surface area contributed by atoms with E-state index in [1.807, 2.05) is 18.0 Å². The third-order valence-electron chi connectivity index (χ3n) is 7.36. The van der Waals surface area contributed by atoms with Gasteiger partial charge in [-0.25, -0.2) is 19.7 Å². The fourth-order valence-corrected chi connectivity index (χ4v) is 5.24. The first-order valence-electron chi connectivity index (χ1n) is 11.4. The van der Waals surface area contributed by atoms with Gasteiger partial charge in [0.25, 0.3) is 0 Å². The summed E-state index contributed by atoms with van der Waals surface area (Å²) < 4.78 is 0. The summed E-state index contributed by atoms with van der Waals surface area (Å²) in [6.45, 7) is 3.46. The Morgan fingerprint density at radius 2 is 1.91 bits per heavy atom. The zero-order valence-electron chi connectivity index (χ0n) is 18.7. The number of carbonyl (C=O) groups is 1. The third kappa shape index (κ3) is 3.99. The molecule has 0 atom stereocenters. The highest BCUT2D eigenvalue weighted by molar-refractivity contribution is 5.88. The number of urea groups is 1. The first-order valence-corrected chi connectivity index (χ1v) is 11.4. The minimum Gasteiger partial charge on any atom is -0.356 e. The highest BCUT2D eigenvalue weighted by Gasteiger charge is 2.40. The summed E-state index contributed by atoms with van der Waals surface area (Å²) in [6.07, 6.45) is 13.6. The summed E-state index contributed by atoms with van der Waals surface area (Å²) in [5.41, 5.74) is 2.07. The number of nitrogens with one attached hydrogen (secondary N) is 2. The standard InChI is InChI=1S/C23H30N8O/c1-16-13-26-19(14-25-16)29-22(32)31-11-8-23(9-12-31)6-3-17(4-7-23)30(2)21-18-5-10-24-20(18)27-15-28-21/h5,10,13-15,17H,3-4,6-9,11-12H2,1-2H3,(H,24,27,28)(H,26,29,32). The van der Waals surface area contributed by atoms with Crippen LogP contribution in [0.4, 0.5) is 16.4 Å². The lowest BCUT2D eigenvalue weighted by Crippen LogP contribution is -2.48. The molecule has 9 heteroatoms. The van der Waals surface area contributed by atoms with Gasteiger partial charge in [0.15, 0.2) is 5.82 Å². The number of aromatic amines is 1. The molecule has 5 rings (SSSR count). The van der Waals surface area contributed by atoms with E-state index in [0.29, 0.717) is 17.3 Å². The number of H-pyrrole nitrogens is 1. The molecule has 32 heavy (non-hydrogen) atoms. The predicted octanol–water partition coefficient (Wildman–Crippen LogP) is 3.75. The second-order valence-electron chi connectivity index (χ2n) is 9.24. The average Bonchev–Trinajstić information content (AvgIpc) is 3.30. The molecule has 3 aromatic rings. The lowest BCUT2D eigenvalue weighted by atomic mass is 9.67. The van der Waals surface area contributed by atoms with Gasteiger partial charge in [0.1, 0.15) is 17.8 Å². The molecule has 2 N–H and O–H groups in total. The van der Waals surface area contributed by atoms with Crippen LogP contribution in [0.25, 0.3) is 11.0 Å². The van der Waals surface area contributed by atoms with Crippen molar-refractivity contribution in [2.24, 2.45) is 5.41 Å². The van der Waals surface area contributed by atoms with Crippen LogP contribution >= 0.6 is 0 Å². The fourth-order valence-electron chi connectivity index (χ4n) is 5.24. The number of fused-ring (bicyclic) bond motifs is 1. The van der Waals surface area contributed by atoms with Crippen molar-refractivity contribution < 1.29 is 4.79 Å². The molecule has 2 aliphatic rings. The number of hydrogen-bond acceptors (Lipinski definition) is 6. The molecular weight excluding hydrogens is 404 g/mol. The van der Waals surface area contributed by atoms with E-state index in [0.717, 1.165) is 61.3 Å². The summed E-state index contributed by atoms with van der Waals surface area (Å²) in [7, 11) is 2.15. The van der Waals surface area contributed by atoms with Gasteiger partial charge in [-0.1, -0.05) is 0 Å². The van der Waals surface area contributed by atoms with Crippen LogP contribution < -0.4 is 10.2 Å². The molecule has 0 radical (unpaired) electrons. The van der Waals surface area contributed by atoms with E-state index < -0.39 is 0 Å². The van der Waals surface area contributed by atoms with Crippen molar-refractivity contribution in [3.63, 3.8) is 0 Å². The largest absolute Gasteiger partial charge is 0.356 e. The molecule has 3 aromatic heterocycles. The highest BCUT2D eigenvalue weighted by Crippen LogP contribution is 2.46. The first kappa shape index (κ1) is 20.7. The quantitative estimate of drug-likeness (QED) is 0.651. The van der Waals surface area contributed by atoms with Crippen LogP contribution in [0.1, 0.15) is 44.2 Å². The molecule has 9 nitrogen and oxygen atoms in total. The van der Waals surface area contributed by atoms with Gasteiger partial charge in [-0.3, -0.25) is 10.3 Å². The van der Waals surface area contributed by atoms with Crippen LogP contribution in [0.3, 0.4) is 0 Å². The van der Waals surface area contributed by atoms with Crippen LogP contribution in [-0.2, 0) is 0 Å². The summed E-state index contributed by atoms with van der Waals surface area (Å²) in [5, 5.41) is 3.95. The number of rotatable bonds is 3. The molecular formula is C23H30N8O. The van der Waals surface area contributed by atoms with Crippen molar-refractivity contribution in [3.8, 4) is 0 Å². The third-order valence-corrected chi connectivity index (χ3v) is 7.36. The molecule has 4 heterocycles. The second-order valence-corrected chi connectivity index (χ2v) is 9.24. The van der Waals surface area contributed by atoms with Gasteiger partial charge in [-0.15, -0.1) is 0 Å². The Balaban J connectivity index is 1.16. The van der Waals surface area contributed by atoms with Crippen LogP contribution in [-0.4, -0.2) is 62.0 Å². The zero-order valence-corrected chi connectivity index (χ0v) is 18.7. The Bertz CT molecular complexity index is 1080. The molecule has 0 unspecified atom stereocenters. The molecule has 1 aliphatic carbocycles. The normalized spacial score (nSPS) is 18.8. The van der Waals surface area contributed by atoms with E-state index in [2.05, 4.69) is 48.3 Å². The van der Waals surface area contributed by atoms with Gasteiger partial charge < -0.3 is 14.8 Å². The smallest absolute Gasteiger partial charge is 0.323 e. The average molecular weight is 435 g/mol. The fraction of sp³-hybridized carbons (Fsp3) is 0.522. The monoisotopic (exact) mass is 434 g/mol. The molecule has 1 aliphatic heterocycles. The van der Waals surface area contributed by atoms with E-state index in [1.165, 1.54) is 12.8 Å². The lowest BCUT2D eigenvalue weighted by Gasteiger charge is -2.47. The maximum absolute atomic E-state index is 12.6. The number of anilines is 2. The van der Waals surface area contributed by atoms with E-state index in [-0.39, 0.29) is 6.03 Å². The van der Waals surface area contributed by atoms with Gasteiger partial charge >= 0.3 is 6.03 Å². The number of likely N-dealkylation sites (tertiary alicyclic amines) is 1. The zero-order chi connectivity index (χ0) is 22.1. The summed E-state index contributed by atoms with van der Waals surface area (Å²) in [5.74, 6) is 1.51. The Labute approximate surface area is 187 Å². The van der Waals surface area contributed by atoms with Gasteiger partial charge in [0.05, 0.1) is 23.5 Å². The van der Waals surface area contributed by atoms with Crippen LogP contribution in [0.15, 0.2) is 31.0 Å². The molecule has 1 saturated heterocycles. The van der Waals surface area contributed by atoms with Crippen molar-refractivity contribution in [3.05, 3.63) is 36.7 Å². The predicted molar refractivity (Wildman–Crippen MR) is 124 cm³/mol. The maximum Gasteiger partial charge on any atom is 0.323 e. The van der Waals surface area contributed by atoms with E-state index in [4.69, 9.17) is 0 Å². The van der Waals surface area contributed by atoms with Gasteiger partial charge in [-0.2, -0.15) is 0 Å². The minimum absolute atomic E-state index is 0.0781. The Morgan fingerprint density at radius 1 is 1.12 bits per heavy atom. The van der Waals surface area contributed by atoms with Gasteiger partial charge in [0, 0.05) is 32.4 Å². The molecule has 1 spiro atoms. The van der Waals surface area contributed by atoms with Crippen LogP contribution in [0.2, 0.25) is 0 Å². The van der Waals surface area contributed by atoms with Crippen molar-refractivity contribution in [2.45, 2.75) is 51.5 Å². The molecule has 1 saturated carbocycles. The van der Waals surface area contributed by atoms with Crippen molar-refractivity contribution >= 4 is 28.7 Å². The van der Waals surface area contributed by atoms with Crippen molar-refractivity contribution in [1.29, 1.82) is 0 Å². The molecule has 168 valence electrons. The number of amides is 2. The number of hydrogen-bond donors (Lipinski definition) is 2. The number of aromatic nitrogens is 5. The molecule has 2 fully saturated rings. The van der Waals surface area contributed by atoms with E-state index in [1.54, 1.807) is 18.7 Å². The first-order chi connectivity index (χ1) is 15.5. The van der Waals surface area contributed by atoms with Crippen LogP contribution in [0.5, 0.6) is 0 Å². The topological polar surface area (TPSA) is 103 Å². The lowest BCUT2D eigenvalue weighted by molar-refractivity contribution is 0.0786. The molecule has 0 bridgehead atoms. The molecule has 2 amide bonds. The summed E-state index contributed by atoms with van der Waals surface area (Å²) in [4.78, 5) is 37.3. The van der Waals surface area contributed by atoms with Crippen LogP contribution in [0, 0.1) is 12.3 Å².